The van der Waals surface area contributed by atoms with E-state index < -0.39 is 0 Å². The van der Waals surface area contributed by atoms with Crippen molar-refractivity contribution in [1.82, 2.24) is 0 Å². The number of benzene rings is 2. The zero-order valence-electron chi connectivity index (χ0n) is 9.13. The maximum atomic E-state index is 2.17. The van der Waals surface area contributed by atoms with Crippen LogP contribution in [0.25, 0.3) is 0 Å². The molecule has 0 unspecified atom stereocenters. The van der Waals surface area contributed by atoms with Crippen molar-refractivity contribution < 1.29 is 0 Å². The fourth-order valence-electron chi connectivity index (χ4n) is 1.56. The van der Waals surface area contributed by atoms with E-state index in [0.717, 1.165) is 0 Å². The Labute approximate surface area is 102 Å². The highest BCUT2D eigenvalue weighted by molar-refractivity contribution is 8.48. The molecular weight excluding hydrogens is 231 g/mol. The summed E-state index contributed by atoms with van der Waals surface area (Å²) in [5, 5.41) is 1.38. The Morgan fingerprint density at radius 3 is 1.62 bits per heavy atom. The van der Waals surface area contributed by atoms with Crippen molar-refractivity contribution in [3.8, 4) is 0 Å². The zero-order chi connectivity index (χ0) is 11.2. The first-order chi connectivity index (χ1) is 7.92. The van der Waals surface area contributed by atoms with E-state index in [1.54, 1.807) is 0 Å². The minimum atomic E-state index is 1.31. The van der Waals surface area contributed by atoms with Crippen LogP contribution in [0.1, 0.15) is 11.1 Å². The summed E-state index contributed by atoms with van der Waals surface area (Å²) in [7, 11) is 1.31. The molecule has 2 aromatic carbocycles. The van der Waals surface area contributed by atoms with Gasteiger partial charge in [0.25, 0.3) is 0 Å². The van der Waals surface area contributed by atoms with Crippen molar-refractivity contribution >= 4 is 24.1 Å². The van der Waals surface area contributed by atoms with Crippen LogP contribution >= 0.6 is 18.8 Å². The standard InChI is InChI=1S/C14H13PS/c1-16-15-14(12-8-4-2-5-9-12)13-10-6-3-7-11-13/h2-11H,1H3. The van der Waals surface area contributed by atoms with Crippen LogP contribution < -0.4 is 0 Å². The van der Waals surface area contributed by atoms with Gasteiger partial charge in [0.15, 0.2) is 0 Å². The zero-order valence-corrected chi connectivity index (χ0v) is 10.8. The van der Waals surface area contributed by atoms with Gasteiger partial charge in [-0.3, -0.25) is 0 Å². The molecule has 2 rings (SSSR count). The second-order valence-corrected chi connectivity index (χ2v) is 5.99. The van der Waals surface area contributed by atoms with Crippen LogP contribution in [0.5, 0.6) is 0 Å². The molecule has 0 aromatic heterocycles. The molecule has 0 aliphatic rings. The van der Waals surface area contributed by atoms with Gasteiger partial charge in [0.2, 0.25) is 0 Å². The van der Waals surface area contributed by atoms with Gasteiger partial charge < -0.3 is 0 Å². The van der Waals surface area contributed by atoms with E-state index in [2.05, 4.69) is 66.9 Å². The minimum absolute atomic E-state index is 1.31. The van der Waals surface area contributed by atoms with E-state index in [-0.39, 0.29) is 0 Å². The Morgan fingerprint density at radius 1 is 0.812 bits per heavy atom. The van der Waals surface area contributed by atoms with Crippen molar-refractivity contribution in [2.24, 2.45) is 0 Å². The van der Waals surface area contributed by atoms with Crippen LogP contribution in [0, 0.1) is 0 Å². The Balaban J connectivity index is 2.44. The molecule has 0 fully saturated rings. The summed E-state index contributed by atoms with van der Waals surface area (Å²) >= 11 is 1.83. The van der Waals surface area contributed by atoms with Gasteiger partial charge in [-0.05, 0) is 24.8 Å². The average molecular weight is 244 g/mol. The summed E-state index contributed by atoms with van der Waals surface area (Å²) in [6.45, 7) is 0. The lowest BCUT2D eigenvalue weighted by atomic mass is 10.1. The maximum Gasteiger partial charge on any atom is 0.0226 e. The van der Waals surface area contributed by atoms with E-state index in [1.807, 2.05) is 11.4 Å². The summed E-state index contributed by atoms with van der Waals surface area (Å²) < 4.78 is 0. The molecule has 0 aliphatic heterocycles. The Bertz CT molecular complexity index is 421. The fourth-order valence-corrected chi connectivity index (χ4v) is 3.43. The molecule has 0 amide bonds. The largest absolute Gasteiger partial charge is 0.105 e. The first-order valence-electron chi connectivity index (χ1n) is 5.14. The third kappa shape index (κ3) is 2.75. The average Bonchev–Trinajstić information content (AvgIpc) is 2.38. The first-order valence-corrected chi connectivity index (χ1v) is 7.86. The van der Waals surface area contributed by atoms with E-state index in [1.165, 1.54) is 23.8 Å². The molecule has 0 N–H and O–H groups in total. The second-order valence-electron chi connectivity index (χ2n) is 3.35. The molecule has 0 saturated carbocycles. The van der Waals surface area contributed by atoms with Gasteiger partial charge in [0.05, 0.1) is 0 Å². The van der Waals surface area contributed by atoms with Crippen LogP contribution in [0.3, 0.4) is 0 Å². The van der Waals surface area contributed by atoms with Crippen LogP contribution in [0.2, 0.25) is 0 Å². The molecule has 0 nitrogen and oxygen atoms in total. The van der Waals surface area contributed by atoms with Crippen molar-refractivity contribution in [1.29, 1.82) is 0 Å². The minimum Gasteiger partial charge on any atom is -0.105 e. The Hall–Kier alpha value is -1.04. The molecule has 0 saturated heterocycles. The highest BCUT2D eigenvalue weighted by Crippen LogP contribution is 2.24. The third-order valence-electron chi connectivity index (χ3n) is 2.28. The number of hydrogen-bond donors (Lipinski definition) is 0. The summed E-state index contributed by atoms with van der Waals surface area (Å²) in [5.74, 6) is 0. The molecule has 0 aliphatic carbocycles. The first kappa shape index (κ1) is 11.4. The topological polar surface area (TPSA) is 0 Å². The van der Waals surface area contributed by atoms with Crippen LogP contribution in [0.4, 0.5) is 0 Å². The van der Waals surface area contributed by atoms with Crippen molar-refractivity contribution in [2.45, 2.75) is 0 Å². The highest BCUT2D eigenvalue weighted by Gasteiger charge is 2.03. The number of rotatable bonds is 3. The van der Waals surface area contributed by atoms with Gasteiger partial charge in [-0.25, -0.2) is 0 Å². The predicted molar refractivity (Wildman–Crippen MR) is 76.5 cm³/mol. The quantitative estimate of drug-likeness (QED) is 0.717. The van der Waals surface area contributed by atoms with Gasteiger partial charge >= 0.3 is 0 Å². The summed E-state index contributed by atoms with van der Waals surface area (Å²) in [6.07, 6.45) is 2.13. The van der Waals surface area contributed by atoms with E-state index in [0.29, 0.717) is 0 Å². The lowest BCUT2D eigenvalue weighted by molar-refractivity contribution is 1.62. The Kier molecular flexibility index (Phi) is 4.21. The highest BCUT2D eigenvalue weighted by atomic mass is 32.7. The van der Waals surface area contributed by atoms with Crippen LogP contribution in [0.15, 0.2) is 60.7 Å². The molecular formula is C14H13PS. The maximum absolute atomic E-state index is 2.17. The normalized spacial score (nSPS) is 10.3. The molecule has 2 aromatic rings. The lowest BCUT2D eigenvalue weighted by Crippen LogP contribution is -1.98. The monoisotopic (exact) mass is 244 g/mol. The molecule has 80 valence electrons. The summed E-state index contributed by atoms with van der Waals surface area (Å²) in [6, 6.07) is 21.2. The van der Waals surface area contributed by atoms with Gasteiger partial charge in [-0.1, -0.05) is 60.7 Å². The van der Waals surface area contributed by atoms with Crippen molar-refractivity contribution in [3.63, 3.8) is 0 Å². The molecule has 0 radical (unpaired) electrons. The van der Waals surface area contributed by atoms with Gasteiger partial charge in [0.1, 0.15) is 0 Å². The van der Waals surface area contributed by atoms with Gasteiger partial charge in [-0.2, -0.15) is 0 Å². The smallest absolute Gasteiger partial charge is 0.0226 e. The van der Waals surface area contributed by atoms with E-state index in [9.17, 15) is 0 Å². The fraction of sp³-hybridized carbons (Fsp3) is 0.0714. The molecule has 0 heterocycles. The molecule has 2 heteroatoms. The van der Waals surface area contributed by atoms with Gasteiger partial charge in [-0.15, -0.1) is 11.4 Å². The van der Waals surface area contributed by atoms with E-state index in [4.69, 9.17) is 0 Å². The molecule has 0 bridgehead atoms. The number of hydrogen-bond acceptors (Lipinski definition) is 1. The molecule has 0 spiro atoms. The molecule has 16 heavy (non-hydrogen) atoms. The molecule has 0 atom stereocenters. The third-order valence-corrected chi connectivity index (χ3v) is 4.25. The summed E-state index contributed by atoms with van der Waals surface area (Å²) in [4.78, 5) is 0. The van der Waals surface area contributed by atoms with Crippen LogP contribution in [-0.4, -0.2) is 11.5 Å². The van der Waals surface area contributed by atoms with Gasteiger partial charge in [0, 0.05) is 5.29 Å². The van der Waals surface area contributed by atoms with Crippen LogP contribution in [-0.2, 0) is 0 Å². The summed E-state index contributed by atoms with van der Waals surface area (Å²) in [5.41, 5.74) is 2.62. The SMILES string of the molecule is CSP=C(c1ccccc1)c1ccccc1. The second kappa shape index (κ2) is 5.89. The predicted octanol–water partition coefficient (Wildman–Crippen LogP) is 4.48. The van der Waals surface area contributed by atoms with Crippen molar-refractivity contribution in [2.75, 3.05) is 6.26 Å². The Morgan fingerprint density at radius 2 is 1.25 bits per heavy atom. The van der Waals surface area contributed by atoms with Crippen molar-refractivity contribution in [3.05, 3.63) is 71.8 Å². The lowest BCUT2D eigenvalue weighted by Gasteiger charge is -2.06. The van der Waals surface area contributed by atoms with E-state index >= 15 is 0 Å².